The van der Waals surface area contributed by atoms with Crippen LogP contribution >= 0.6 is 0 Å². The molecule has 0 radical (unpaired) electrons. The van der Waals surface area contributed by atoms with Crippen LogP contribution in [-0.4, -0.2) is 48.0 Å². The van der Waals surface area contributed by atoms with Gasteiger partial charge in [-0.3, -0.25) is 0 Å². The number of aryl methyl sites for hydroxylation is 1. The standard InChI is InChI=1S/C27H30N6O2/c28-25-18-9-11-33(26(18)30-14-29-25)22-19-13-27(19,24(35)23(22)34)10-8-15-4-5-16-6-7-21(32-20(16)12-15)31-17-2-1-3-17/h4-7,9,11-12,14,17,19,22-24,34-35H,1-3,8,10,13H2,(H,31,32)(H2,28,29,30)/t19-,22-,23+,24+,27-/m1/s1. The van der Waals surface area contributed by atoms with Gasteiger partial charge in [0.05, 0.1) is 23.0 Å². The molecule has 4 aromatic rings. The Morgan fingerprint density at radius 3 is 2.80 bits per heavy atom. The predicted octanol–water partition coefficient (Wildman–Crippen LogP) is 3.44. The number of hydrogen-bond donors (Lipinski definition) is 4. The maximum atomic E-state index is 11.1. The number of fused-ring (bicyclic) bond motifs is 3. The lowest BCUT2D eigenvalue weighted by Crippen LogP contribution is -2.34. The molecule has 180 valence electrons. The maximum Gasteiger partial charge on any atom is 0.145 e. The van der Waals surface area contributed by atoms with E-state index in [1.54, 1.807) is 0 Å². The number of nitrogens with two attached hydrogens (primary N) is 1. The van der Waals surface area contributed by atoms with Gasteiger partial charge in [0.2, 0.25) is 0 Å². The zero-order valence-electron chi connectivity index (χ0n) is 19.5. The summed E-state index contributed by atoms with van der Waals surface area (Å²) in [6.07, 6.45) is 8.07. The van der Waals surface area contributed by atoms with Crippen LogP contribution in [0.25, 0.3) is 21.9 Å². The third-order valence-electron chi connectivity index (χ3n) is 8.81. The van der Waals surface area contributed by atoms with Gasteiger partial charge in [0, 0.05) is 23.0 Å². The van der Waals surface area contributed by atoms with Crippen molar-refractivity contribution in [2.45, 2.75) is 62.8 Å². The number of aliphatic hydroxyl groups is 2. The van der Waals surface area contributed by atoms with Crippen LogP contribution in [0, 0.1) is 11.3 Å². The van der Waals surface area contributed by atoms with Crippen LogP contribution in [0.3, 0.4) is 0 Å². The van der Waals surface area contributed by atoms with Gasteiger partial charge in [0.1, 0.15) is 29.7 Å². The second kappa shape index (κ2) is 7.63. The molecule has 0 saturated heterocycles. The van der Waals surface area contributed by atoms with E-state index in [-0.39, 0.29) is 17.4 Å². The molecular weight excluding hydrogens is 440 g/mol. The monoisotopic (exact) mass is 470 g/mol. The second-order valence-electron chi connectivity index (χ2n) is 10.7. The Kier molecular flexibility index (Phi) is 4.60. The Hall–Kier alpha value is -3.23. The third kappa shape index (κ3) is 3.23. The second-order valence-corrected chi connectivity index (χ2v) is 10.7. The van der Waals surface area contributed by atoms with E-state index in [9.17, 15) is 10.2 Å². The van der Waals surface area contributed by atoms with Crippen LogP contribution in [0.1, 0.15) is 43.7 Å². The average molecular weight is 471 g/mol. The molecule has 0 aliphatic heterocycles. The summed E-state index contributed by atoms with van der Waals surface area (Å²) in [4.78, 5) is 13.3. The van der Waals surface area contributed by atoms with Crippen molar-refractivity contribution >= 4 is 33.6 Å². The molecule has 1 aromatic carbocycles. The topological polar surface area (TPSA) is 122 Å². The number of pyridine rings is 1. The summed E-state index contributed by atoms with van der Waals surface area (Å²) < 4.78 is 1.98. The van der Waals surface area contributed by atoms with Crippen LogP contribution < -0.4 is 11.1 Å². The van der Waals surface area contributed by atoms with Crippen LogP contribution in [-0.2, 0) is 6.42 Å². The van der Waals surface area contributed by atoms with Crippen molar-refractivity contribution < 1.29 is 10.2 Å². The summed E-state index contributed by atoms with van der Waals surface area (Å²) in [5.74, 6) is 1.58. The molecule has 3 aliphatic rings. The molecule has 8 heteroatoms. The fourth-order valence-corrected chi connectivity index (χ4v) is 6.48. The molecular formula is C27H30N6O2. The van der Waals surface area contributed by atoms with Gasteiger partial charge in [0.15, 0.2) is 0 Å². The molecule has 3 aromatic heterocycles. The highest BCUT2D eigenvalue weighted by molar-refractivity contribution is 5.86. The minimum atomic E-state index is -0.834. The van der Waals surface area contributed by atoms with Gasteiger partial charge in [-0.15, -0.1) is 0 Å². The zero-order chi connectivity index (χ0) is 23.7. The van der Waals surface area contributed by atoms with Crippen molar-refractivity contribution in [2.75, 3.05) is 11.1 Å². The van der Waals surface area contributed by atoms with Gasteiger partial charge in [-0.25, -0.2) is 15.0 Å². The highest BCUT2D eigenvalue weighted by Crippen LogP contribution is 2.69. The Balaban J connectivity index is 1.11. The SMILES string of the molecule is Nc1ncnc2c1ccn2[C@H]1[C@H](O)[C@H](O)[C@]2(CCc3ccc4ccc(NC5CCC5)nc4c3)C[C@H]12. The molecule has 5 N–H and O–H groups in total. The fraction of sp³-hybridized carbons (Fsp3) is 0.444. The van der Waals surface area contributed by atoms with E-state index < -0.39 is 12.2 Å². The van der Waals surface area contributed by atoms with Crippen molar-refractivity contribution in [2.24, 2.45) is 11.3 Å². The lowest BCUT2D eigenvalue weighted by Gasteiger charge is -2.27. The molecule has 3 heterocycles. The van der Waals surface area contributed by atoms with E-state index >= 15 is 0 Å². The predicted molar refractivity (Wildman–Crippen MR) is 135 cm³/mol. The lowest BCUT2D eigenvalue weighted by atomic mass is 9.91. The van der Waals surface area contributed by atoms with Gasteiger partial charge in [-0.2, -0.15) is 0 Å². The highest BCUT2D eigenvalue weighted by atomic mass is 16.3. The minimum absolute atomic E-state index is 0.205. The Labute approximate surface area is 203 Å². The molecule has 0 bridgehead atoms. The van der Waals surface area contributed by atoms with Crippen molar-refractivity contribution in [3.05, 3.63) is 54.5 Å². The largest absolute Gasteiger partial charge is 0.390 e. The van der Waals surface area contributed by atoms with Gasteiger partial charge in [-0.1, -0.05) is 12.1 Å². The van der Waals surface area contributed by atoms with Gasteiger partial charge in [0.25, 0.3) is 0 Å². The highest BCUT2D eigenvalue weighted by Gasteiger charge is 2.70. The van der Waals surface area contributed by atoms with Crippen LogP contribution in [0.5, 0.6) is 0 Å². The summed E-state index contributed by atoms with van der Waals surface area (Å²) in [7, 11) is 0. The summed E-state index contributed by atoms with van der Waals surface area (Å²) in [6.45, 7) is 0. The lowest BCUT2D eigenvalue weighted by molar-refractivity contribution is -0.0191. The summed E-state index contributed by atoms with van der Waals surface area (Å²) >= 11 is 0. The number of aromatic nitrogens is 4. The fourth-order valence-electron chi connectivity index (χ4n) is 6.48. The molecule has 35 heavy (non-hydrogen) atoms. The normalized spacial score (nSPS) is 29.9. The smallest absolute Gasteiger partial charge is 0.145 e. The van der Waals surface area contributed by atoms with E-state index in [0.717, 1.165) is 41.4 Å². The number of nitrogen functional groups attached to an aromatic ring is 1. The van der Waals surface area contributed by atoms with Crippen molar-refractivity contribution in [3.8, 4) is 0 Å². The Morgan fingerprint density at radius 1 is 1.11 bits per heavy atom. The number of benzene rings is 1. The number of hydrogen-bond acceptors (Lipinski definition) is 7. The number of aliphatic hydroxyl groups excluding tert-OH is 2. The number of rotatable bonds is 6. The van der Waals surface area contributed by atoms with Crippen LogP contribution in [0.4, 0.5) is 11.6 Å². The van der Waals surface area contributed by atoms with Crippen LogP contribution in [0.2, 0.25) is 0 Å². The van der Waals surface area contributed by atoms with Gasteiger partial charge >= 0.3 is 0 Å². The van der Waals surface area contributed by atoms with Crippen LogP contribution in [0.15, 0.2) is 48.9 Å². The molecule has 5 atom stereocenters. The first-order valence-electron chi connectivity index (χ1n) is 12.6. The number of nitrogens with zero attached hydrogens (tertiary/aromatic N) is 4. The van der Waals surface area contributed by atoms with E-state index in [0.29, 0.717) is 17.5 Å². The Morgan fingerprint density at radius 2 is 1.97 bits per heavy atom. The van der Waals surface area contributed by atoms with E-state index in [1.165, 1.54) is 31.2 Å². The maximum absolute atomic E-state index is 11.1. The molecule has 0 unspecified atom stereocenters. The Bertz CT molecular complexity index is 1430. The van der Waals surface area contributed by atoms with E-state index in [2.05, 4.69) is 45.6 Å². The molecule has 8 nitrogen and oxygen atoms in total. The molecule has 3 saturated carbocycles. The summed E-state index contributed by atoms with van der Waals surface area (Å²) in [5.41, 5.74) is 8.66. The minimum Gasteiger partial charge on any atom is -0.390 e. The molecule has 7 rings (SSSR count). The first kappa shape index (κ1) is 21.1. The first-order valence-corrected chi connectivity index (χ1v) is 12.6. The molecule has 3 aliphatic carbocycles. The van der Waals surface area contributed by atoms with Gasteiger partial charge in [-0.05, 0) is 74.3 Å². The first-order chi connectivity index (χ1) is 17.0. The number of nitrogens with one attached hydrogen (secondary N) is 1. The zero-order valence-corrected chi connectivity index (χ0v) is 19.5. The van der Waals surface area contributed by atoms with Crippen molar-refractivity contribution in [1.82, 2.24) is 19.5 Å². The number of anilines is 2. The third-order valence-corrected chi connectivity index (χ3v) is 8.81. The van der Waals surface area contributed by atoms with Gasteiger partial charge < -0.3 is 25.8 Å². The summed E-state index contributed by atoms with van der Waals surface area (Å²) in [5, 5.41) is 27.6. The average Bonchev–Trinajstić information content (AvgIpc) is 3.33. The molecule has 0 amide bonds. The van der Waals surface area contributed by atoms with Crippen molar-refractivity contribution in [3.63, 3.8) is 0 Å². The molecule has 0 spiro atoms. The summed E-state index contributed by atoms with van der Waals surface area (Å²) in [6, 6.07) is 12.9. The molecule has 3 fully saturated rings. The van der Waals surface area contributed by atoms with E-state index in [4.69, 9.17) is 10.7 Å². The van der Waals surface area contributed by atoms with E-state index in [1.807, 2.05) is 16.8 Å². The van der Waals surface area contributed by atoms with Crippen molar-refractivity contribution in [1.29, 1.82) is 0 Å². The quantitative estimate of drug-likeness (QED) is 0.340.